The van der Waals surface area contributed by atoms with Gasteiger partial charge in [0.25, 0.3) is 5.91 Å². The fourth-order valence-electron chi connectivity index (χ4n) is 2.72. The van der Waals surface area contributed by atoms with Gasteiger partial charge < -0.3 is 9.73 Å². The van der Waals surface area contributed by atoms with E-state index in [-0.39, 0.29) is 21.6 Å². The van der Waals surface area contributed by atoms with Gasteiger partial charge >= 0.3 is 0 Å². The highest BCUT2D eigenvalue weighted by molar-refractivity contribution is 7.80. The van der Waals surface area contributed by atoms with E-state index >= 15 is 0 Å². The van der Waals surface area contributed by atoms with Gasteiger partial charge in [-0.3, -0.25) is 10.1 Å². The van der Waals surface area contributed by atoms with E-state index in [4.69, 9.17) is 28.2 Å². The molecule has 4 rings (SSSR count). The first kappa shape index (κ1) is 19.9. The number of carbonyl (C=O) groups is 1. The van der Waals surface area contributed by atoms with Gasteiger partial charge in [-0.25, -0.2) is 13.8 Å². The van der Waals surface area contributed by atoms with Crippen LogP contribution < -0.4 is 10.6 Å². The third-order valence-electron chi connectivity index (χ3n) is 4.14. The lowest BCUT2D eigenvalue weighted by Gasteiger charge is -2.09. The second-order valence-corrected chi connectivity index (χ2v) is 7.06. The number of rotatable bonds is 3. The third-order valence-corrected chi connectivity index (χ3v) is 4.66. The number of amides is 1. The van der Waals surface area contributed by atoms with E-state index in [9.17, 15) is 13.6 Å². The predicted molar refractivity (Wildman–Crippen MR) is 114 cm³/mol. The highest BCUT2D eigenvalue weighted by atomic mass is 35.5. The van der Waals surface area contributed by atoms with Gasteiger partial charge in [0.05, 0.1) is 10.6 Å². The molecule has 0 radical (unpaired) electrons. The lowest BCUT2D eigenvalue weighted by molar-refractivity contribution is 0.0977. The SMILES string of the molecule is O=C(NC(=S)Nc1ccc2oc(-c3ccc(F)cc3Cl)nc2c1)c1ccc(F)cc1. The molecule has 0 spiro atoms. The summed E-state index contributed by atoms with van der Waals surface area (Å²) < 4.78 is 31.9. The molecule has 0 atom stereocenters. The van der Waals surface area contributed by atoms with Gasteiger partial charge in [-0.1, -0.05) is 11.6 Å². The molecule has 0 aliphatic carbocycles. The maximum Gasteiger partial charge on any atom is 0.257 e. The highest BCUT2D eigenvalue weighted by Crippen LogP contribution is 2.31. The molecule has 1 heterocycles. The Morgan fingerprint density at radius 2 is 1.73 bits per heavy atom. The van der Waals surface area contributed by atoms with E-state index in [0.717, 1.165) is 0 Å². The number of benzene rings is 3. The molecule has 0 aliphatic rings. The number of carbonyl (C=O) groups excluding carboxylic acids is 1. The van der Waals surface area contributed by atoms with E-state index in [0.29, 0.717) is 22.4 Å². The van der Waals surface area contributed by atoms with Crippen LogP contribution >= 0.6 is 23.8 Å². The molecule has 0 bridgehead atoms. The molecule has 3 aromatic carbocycles. The van der Waals surface area contributed by atoms with Gasteiger partial charge in [-0.05, 0) is 72.9 Å². The van der Waals surface area contributed by atoms with Crippen LogP contribution in [0.5, 0.6) is 0 Å². The molecular formula is C21H12ClF2N3O2S. The lowest BCUT2D eigenvalue weighted by Crippen LogP contribution is -2.34. The van der Waals surface area contributed by atoms with Crippen molar-refractivity contribution in [2.45, 2.75) is 0 Å². The minimum absolute atomic E-state index is 0.0639. The molecule has 0 saturated carbocycles. The van der Waals surface area contributed by atoms with Gasteiger partial charge in [0.15, 0.2) is 10.7 Å². The molecule has 0 saturated heterocycles. The average molecular weight is 444 g/mol. The van der Waals surface area contributed by atoms with Crippen molar-refractivity contribution in [2.24, 2.45) is 0 Å². The first-order chi connectivity index (χ1) is 14.4. The summed E-state index contributed by atoms with van der Waals surface area (Å²) >= 11 is 11.2. The largest absolute Gasteiger partial charge is 0.436 e. The van der Waals surface area contributed by atoms with Gasteiger partial charge in [0.1, 0.15) is 17.2 Å². The monoisotopic (exact) mass is 443 g/mol. The van der Waals surface area contributed by atoms with Gasteiger partial charge in [0.2, 0.25) is 5.89 Å². The second-order valence-electron chi connectivity index (χ2n) is 6.24. The van der Waals surface area contributed by atoms with Crippen molar-refractivity contribution in [3.63, 3.8) is 0 Å². The van der Waals surface area contributed by atoms with Crippen LogP contribution in [0, 0.1) is 11.6 Å². The van der Waals surface area contributed by atoms with Crippen LogP contribution in [0.1, 0.15) is 10.4 Å². The summed E-state index contributed by atoms with van der Waals surface area (Å²) in [5, 5.41) is 5.65. The number of halogens is 3. The summed E-state index contributed by atoms with van der Waals surface area (Å²) in [6.07, 6.45) is 0. The first-order valence-corrected chi connectivity index (χ1v) is 9.41. The van der Waals surface area contributed by atoms with Crippen molar-refractivity contribution in [1.82, 2.24) is 10.3 Å². The Kier molecular flexibility index (Phi) is 5.43. The topological polar surface area (TPSA) is 67.2 Å². The number of anilines is 1. The molecule has 4 aromatic rings. The summed E-state index contributed by atoms with van der Waals surface area (Å²) in [5.41, 5.74) is 2.32. The minimum Gasteiger partial charge on any atom is -0.436 e. The number of hydrogen-bond donors (Lipinski definition) is 2. The van der Waals surface area contributed by atoms with Crippen LogP contribution in [-0.4, -0.2) is 16.0 Å². The number of hydrogen-bond acceptors (Lipinski definition) is 4. The standard InChI is InChI=1S/C21H12ClF2N3O2S/c22-16-9-13(24)5-7-15(16)20-26-17-10-14(6-8-18(17)29-20)25-21(30)27-19(28)11-1-3-12(23)4-2-11/h1-10H,(H2,25,27,28,30). The molecule has 2 N–H and O–H groups in total. The van der Waals surface area contributed by atoms with Gasteiger partial charge in [-0.2, -0.15) is 0 Å². The van der Waals surface area contributed by atoms with E-state index in [1.165, 1.54) is 42.5 Å². The fourth-order valence-corrected chi connectivity index (χ4v) is 3.18. The molecule has 1 aromatic heterocycles. The normalized spacial score (nSPS) is 10.8. The number of nitrogens with zero attached hydrogens (tertiary/aromatic N) is 1. The van der Waals surface area contributed by atoms with Crippen molar-refractivity contribution in [3.8, 4) is 11.5 Å². The zero-order valence-corrected chi connectivity index (χ0v) is 16.7. The summed E-state index contributed by atoms with van der Waals surface area (Å²) in [5.74, 6) is -1.11. The van der Waals surface area contributed by atoms with Crippen LogP contribution in [0.2, 0.25) is 5.02 Å². The van der Waals surface area contributed by atoms with Crippen molar-refractivity contribution >= 4 is 51.6 Å². The maximum absolute atomic E-state index is 13.3. The third kappa shape index (κ3) is 4.29. The fraction of sp³-hybridized carbons (Fsp3) is 0. The summed E-state index contributed by atoms with van der Waals surface area (Å²) in [7, 11) is 0. The number of thiocarbonyl (C=S) groups is 1. The molecular weight excluding hydrogens is 432 g/mol. The molecule has 30 heavy (non-hydrogen) atoms. The van der Waals surface area contributed by atoms with Crippen LogP contribution in [0.3, 0.4) is 0 Å². The zero-order chi connectivity index (χ0) is 21.3. The van der Waals surface area contributed by atoms with E-state index < -0.39 is 17.5 Å². The summed E-state index contributed by atoms with van der Waals surface area (Å²) in [4.78, 5) is 16.5. The van der Waals surface area contributed by atoms with Crippen molar-refractivity contribution in [3.05, 3.63) is 82.9 Å². The van der Waals surface area contributed by atoms with Crippen molar-refractivity contribution in [2.75, 3.05) is 5.32 Å². The smallest absolute Gasteiger partial charge is 0.257 e. The van der Waals surface area contributed by atoms with Crippen LogP contribution in [-0.2, 0) is 0 Å². The molecule has 0 aliphatic heterocycles. The number of fused-ring (bicyclic) bond motifs is 1. The van der Waals surface area contributed by atoms with Gasteiger partial charge in [-0.15, -0.1) is 0 Å². The molecule has 5 nitrogen and oxygen atoms in total. The quantitative estimate of drug-likeness (QED) is 0.406. The van der Waals surface area contributed by atoms with Crippen molar-refractivity contribution in [1.29, 1.82) is 0 Å². The van der Waals surface area contributed by atoms with Crippen LogP contribution in [0.25, 0.3) is 22.6 Å². The second kappa shape index (κ2) is 8.17. The van der Waals surface area contributed by atoms with E-state index in [2.05, 4.69) is 15.6 Å². The van der Waals surface area contributed by atoms with Crippen LogP contribution in [0.4, 0.5) is 14.5 Å². The summed E-state index contributed by atoms with van der Waals surface area (Å²) in [6, 6.07) is 14.1. The Hall–Kier alpha value is -3.36. The molecule has 1 amide bonds. The van der Waals surface area contributed by atoms with Gasteiger partial charge in [0, 0.05) is 11.3 Å². The molecule has 0 fully saturated rings. The van der Waals surface area contributed by atoms with Crippen molar-refractivity contribution < 1.29 is 18.0 Å². The first-order valence-electron chi connectivity index (χ1n) is 8.63. The molecule has 9 heteroatoms. The zero-order valence-electron chi connectivity index (χ0n) is 15.1. The van der Waals surface area contributed by atoms with Crippen LogP contribution in [0.15, 0.2) is 65.1 Å². The lowest BCUT2D eigenvalue weighted by atomic mass is 10.2. The molecule has 150 valence electrons. The Labute approximate surface area is 179 Å². The number of nitrogens with one attached hydrogen (secondary N) is 2. The minimum atomic E-state index is -0.469. The maximum atomic E-state index is 13.3. The number of aromatic nitrogens is 1. The Balaban J connectivity index is 1.50. The van der Waals surface area contributed by atoms with E-state index in [1.807, 2.05) is 0 Å². The van der Waals surface area contributed by atoms with E-state index in [1.54, 1.807) is 18.2 Å². The highest BCUT2D eigenvalue weighted by Gasteiger charge is 2.13. The summed E-state index contributed by atoms with van der Waals surface area (Å²) in [6.45, 7) is 0. The molecule has 0 unspecified atom stereocenters. The Morgan fingerprint density at radius 1 is 1.00 bits per heavy atom. The average Bonchev–Trinajstić information content (AvgIpc) is 3.11. The Bertz CT molecular complexity index is 1280. The number of oxazole rings is 1. The Morgan fingerprint density at radius 3 is 2.47 bits per heavy atom. The predicted octanol–water partition coefficient (Wildman–Crippen LogP) is 5.55.